The molecule has 112 valence electrons. The average molecular weight is 297 g/mol. The van der Waals surface area contributed by atoms with Crippen molar-refractivity contribution in [2.24, 2.45) is 0 Å². The topological polar surface area (TPSA) is 83.5 Å². The number of carbonyl (C=O) groups excluding carboxylic acids is 2. The Hall–Kier alpha value is -2.95. The van der Waals surface area contributed by atoms with Gasteiger partial charge in [-0.15, -0.1) is 0 Å². The van der Waals surface area contributed by atoms with Crippen LogP contribution in [0.3, 0.4) is 0 Å². The van der Waals surface area contributed by atoms with E-state index in [1.807, 2.05) is 6.07 Å². The second-order valence-electron chi connectivity index (χ2n) is 4.71. The number of carboxylic acid groups (broad SMARTS) is 1. The van der Waals surface area contributed by atoms with Crippen LogP contribution in [0, 0.1) is 0 Å². The summed E-state index contributed by atoms with van der Waals surface area (Å²) in [5.41, 5.74) is 1.65. The number of aliphatic carboxylic acids is 1. The Balaban J connectivity index is 2.00. The monoisotopic (exact) mass is 297 g/mol. The van der Waals surface area contributed by atoms with E-state index in [9.17, 15) is 14.4 Å². The van der Waals surface area contributed by atoms with Gasteiger partial charge in [-0.2, -0.15) is 0 Å². The van der Waals surface area contributed by atoms with Crippen molar-refractivity contribution in [3.63, 3.8) is 0 Å². The van der Waals surface area contributed by atoms with Gasteiger partial charge in [0.1, 0.15) is 0 Å². The standard InChI is InChI=1S/C17H15NO4/c19-15(10-11-16(20)21)18-14-8-6-13(7-9-14)17(22)12-4-2-1-3-5-12/h1-9H,10-11H2,(H,18,19)(H,20,21). The Morgan fingerprint density at radius 1 is 0.818 bits per heavy atom. The molecule has 0 spiro atoms. The molecule has 2 N–H and O–H groups in total. The van der Waals surface area contributed by atoms with Gasteiger partial charge in [-0.25, -0.2) is 0 Å². The minimum Gasteiger partial charge on any atom is -0.481 e. The van der Waals surface area contributed by atoms with Gasteiger partial charge in [0.05, 0.1) is 6.42 Å². The van der Waals surface area contributed by atoms with Crippen LogP contribution in [0.2, 0.25) is 0 Å². The predicted molar refractivity (Wildman–Crippen MR) is 81.8 cm³/mol. The SMILES string of the molecule is O=C(O)CCC(=O)Nc1ccc(C(=O)c2ccccc2)cc1. The lowest BCUT2D eigenvalue weighted by Gasteiger charge is -2.06. The van der Waals surface area contributed by atoms with Crippen molar-refractivity contribution in [3.8, 4) is 0 Å². The van der Waals surface area contributed by atoms with E-state index in [2.05, 4.69) is 5.32 Å². The van der Waals surface area contributed by atoms with E-state index in [0.29, 0.717) is 16.8 Å². The van der Waals surface area contributed by atoms with Crippen molar-refractivity contribution in [2.45, 2.75) is 12.8 Å². The molecule has 1 amide bonds. The van der Waals surface area contributed by atoms with Gasteiger partial charge in [-0.05, 0) is 24.3 Å². The lowest BCUT2D eigenvalue weighted by Crippen LogP contribution is -2.13. The van der Waals surface area contributed by atoms with Crippen molar-refractivity contribution >= 4 is 23.3 Å². The number of rotatable bonds is 6. The second kappa shape index (κ2) is 7.17. The Kier molecular flexibility index (Phi) is 5.03. The Morgan fingerprint density at radius 2 is 1.41 bits per heavy atom. The van der Waals surface area contributed by atoms with E-state index in [4.69, 9.17) is 5.11 Å². The molecular weight excluding hydrogens is 282 g/mol. The van der Waals surface area contributed by atoms with Crippen LogP contribution in [0.1, 0.15) is 28.8 Å². The number of anilines is 1. The van der Waals surface area contributed by atoms with E-state index < -0.39 is 5.97 Å². The molecular formula is C17H15NO4. The minimum absolute atomic E-state index is 0.0833. The molecule has 0 aliphatic rings. The summed E-state index contributed by atoms with van der Waals surface area (Å²) in [6.45, 7) is 0. The van der Waals surface area contributed by atoms with Gasteiger partial charge >= 0.3 is 5.97 Å². The highest BCUT2D eigenvalue weighted by molar-refractivity contribution is 6.09. The van der Waals surface area contributed by atoms with Crippen LogP contribution in [0.25, 0.3) is 0 Å². The van der Waals surface area contributed by atoms with E-state index >= 15 is 0 Å². The smallest absolute Gasteiger partial charge is 0.303 e. The third-order valence-corrected chi connectivity index (χ3v) is 3.03. The zero-order chi connectivity index (χ0) is 15.9. The third-order valence-electron chi connectivity index (χ3n) is 3.03. The summed E-state index contributed by atoms with van der Waals surface area (Å²) in [7, 11) is 0. The van der Waals surface area contributed by atoms with Crippen molar-refractivity contribution < 1.29 is 19.5 Å². The lowest BCUT2D eigenvalue weighted by atomic mass is 10.0. The lowest BCUT2D eigenvalue weighted by molar-refractivity contribution is -0.138. The van der Waals surface area contributed by atoms with E-state index in [1.165, 1.54) is 0 Å². The highest BCUT2D eigenvalue weighted by Crippen LogP contribution is 2.14. The van der Waals surface area contributed by atoms with Gasteiger partial charge in [0.15, 0.2) is 5.78 Å². The van der Waals surface area contributed by atoms with Crippen molar-refractivity contribution in [3.05, 3.63) is 65.7 Å². The first kappa shape index (κ1) is 15.4. The molecule has 0 aliphatic heterocycles. The normalized spacial score (nSPS) is 10.0. The average Bonchev–Trinajstić information content (AvgIpc) is 2.54. The summed E-state index contributed by atoms with van der Waals surface area (Å²) in [5.74, 6) is -1.48. The molecule has 0 bridgehead atoms. The molecule has 0 fully saturated rings. The van der Waals surface area contributed by atoms with Gasteiger partial charge in [0.2, 0.25) is 5.91 Å². The molecule has 5 nitrogen and oxygen atoms in total. The summed E-state index contributed by atoms with van der Waals surface area (Å²) >= 11 is 0. The number of carboxylic acids is 1. The fraction of sp³-hybridized carbons (Fsp3) is 0.118. The number of hydrogen-bond donors (Lipinski definition) is 2. The summed E-state index contributed by atoms with van der Waals surface area (Å²) in [4.78, 5) is 34.1. The summed E-state index contributed by atoms with van der Waals surface area (Å²) < 4.78 is 0. The fourth-order valence-electron chi connectivity index (χ4n) is 1.91. The molecule has 5 heteroatoms. The van der Waals surface area contributed by atoms with Crippen LogP contribution in [-0.4, -0.2) is 22.8 Å². The molecule has 0 heterocycles. The van der Waals surface area contributed by atoms with Gasteiger partial charge < -0.3 is 10.4 Å². The zero-order valence-corrected chi connectivity index (χ0v) is 11.8. The Labute approximate surface area is 127 Å². The molecule has 0 saturated carbocycles. The fourth-order valence-corrected chi connectivity index (χ4v) is 1.91. The third kappa shape index (κ3) is 4.28. The maximum Gasteiger partial charge on any atom is 0.303 e. The molecule has 0 radical (unpaired) electrons. The van der Waals surface area contributed by atoms with Gasteiger partial charge in [-0.1, -0.05) is 30.3 Å². The van der Waals surface area contributed by atoms with Crippen LogP contribution in [0.5, 0.6) is 0 Å². The molecule has 0 aromatic heterocycles. The number of hydrogen-bond acceptors (Lipinski definition) is 3. The van der Waals surface area contributed by atoms with Crippen molar-refractivity contribution in [2.75, 3.05) is 5.32 Å². The highest BCUT2D eigenvalue weighted by Gasteiger charge is 2.09. The van der Waals surface area contributed by atoms with Gasteiger partial charge in [0.25, 0.3) is 0 Å². The van der Waals surface area contributed by atoms with Crippen molar-refractivity contribution in [1.29, 1.82) is 0 Å². The zero-order valence-electron chi connectivity index (χ0n) is 11.8. The summed E-state index contributed by atoms with van der Waals surface area (Å²) in [5, 5.41) is 11.1. The Morgan fingerprint density at radius 3 is 2.00 bits per heavy atom. The van der Waals surface area contributed by atoms with Crippen LogP contribution in [0.4, 0.5) is 5.69 Å². The number of benzene rings is 2. The van der Waals surface area contributed by atoms with Gasteiger partial charge in [-0.3, -0.25) is 14.4 Å². The van der Waals surface area contributed by atoms with E-state index in [0.717, 1.165) is 0 Å². The second-order valence-corrected chi connectivity index (χ2v) is 4.71. The first-order valence-corrected chi connectivity index (χ1v) is 6.78. The molecule has 2 rings (SSSR count). The first-order chi connectivity index (χ1) is 10.6. The van der Waals surface area contributed by atoms with Crippen LogP contribution >= 0.6 is 0 Å². The molecule has 0 aliphatic carbocycles. The van der Waals surface area contributed by atoms with Crippen LogP contribution in [-0.2, 0) is 9.59 Å². The minimum atomic E-state index is -1.01. The number of nitrogens with one attached hydrogen (secondary N) is 1. The highest BCUT2D eigenvalue weighted by atomic mass is 16.4. The number of ketones is 1. The molecule has 2 aromatic carbocycles. The Bertz CT molecular complexity index is 678. The molecule has 0 atom stereocenters. The number of carbonyl (C=O) groups is 3. The molecule has 0 unspecified atom stereocenters. The largest absolute Gasteiger partial charge is 0.481 e. The van der Waals surface area contributed by atoms with E-state index in [-0.39, 0.29) is 24.5 Å². The van der Waals surface area contributed by atoms with E-state index in [1.54, 1.807) is 48.5 Å². The number of amides is 1. The quantitative estimate of drug-likeness (QED) is 0.803. The van der Waals surface area contributed by atoms with Crippen LogP contribution in [0.15, 0.2) is 54.6 Å². The molecule has 22 heavy (non-hydrogen) atoms. The maximum atomic E-state index is 12.2. The maximum absolute atomic E-state index is 12.2. The van der Waals surface area contributed by atoms with Crippen molar-refractivity contribution in [1.82, 2.24) is 0 Å². The van der Waals surface area contributed by atoms with Gasteiger partial charge in [0, 0.05) is 23.2 Å². The first-order valence-electron chi connectivity index (χ1n) is 6.78. The van der Waals surface area contributed by atoms with Crippen LogP contribution < -0.4 is 5.32 Å². The molecule has 0 saturated heterocycles. The summed E-state index contributed by atoms with van der Waals surface area (Å²) in [6.07, 6.45) is -0.295. The predicted octanol–water partition coefficient (Wildman–Crippen LogP) is 2.72. The summed E-state index contributed by atoms with van der Waals surface area (Å²) in [6, 6.07) is 15.4. The molecule has 2 aromatic rings.